The van der Waals surface area contributed by atoms with Gasteiger partial charge in [-0.3, -0.25) is 0 Å². The molecular formula is C19H26N3O2+. The van der Waals surface area contributed by atoms with Gasteiger partial charge in [0.15, 0.2) is 0 Å². The summed E-state index contributed by atoms with van der Waals surface area (Å²) in [6, 6.07) is 9.27. The molecule has 2 aromatic rings. The van der Waals surface area contributed by atoms with Gasteiger partial charge in [0.25, 0.3) is 0 Å². The summed E-state index contributed by atoms with van der Waals surface area (Å²) in [5, 5.41) is 1.39. The summed E-state index contributed by atoms with van der Waals surface area (Å²) >= 11 is 0. The van der Waals surface area contributed by atoms with Gasteiger partial charge >= 0.3 is 6.09 Å². The molecule has 0 aliphatic carbocycles. The van der Waals surface area contributed by atoms with Crippen LogP contribution < -0.4 is 4.90 Å². The smallest absolute Gasteiger partial charge is 0.409 e. The Kier molecular flexibility index (Phi) is 4.19. The zero-order chi connectivity index (χ0) is 16.5. The summed E-state index contributed by atoms with van der Waals surface area (Å²) < 4.78 is 5.12. The number of hydrogen-bond acceptors (Lipinski definition) is 2. The number of amides is 1. The number of aromatic amines is 1. The lowest BCUT2D eigenvalue weighted by molar-refractivity contribution is -0.942. The van der Waals surface area contributed by atoms with E-state index in [1.807, 2.05) is 11.8 Å². The summed E-state index contributed by atoms with van der Waals surface area (Å²) in [6.07, 6.45) is 3.14. The van der Waals surface area contributed by atoms with Crippen LogP contribution in [0.3, 0.4) is 0 Å². The molecule has 0 saturated carbocycles. The third-order valence-electron chi connectivity index (χ3n) is 5.60. The van der Waals surface area contributed by atoms with E-state index in [1.165, 1.54) is 28.7 Å². The first kappa shape index (κ1) is 15.5. The average Bonchev–Trinajstić information content (AvgIpc) is 3.00. The van der Waals surface area contributed by atoms with Gasteiger partial charge < -0.3 is 19.5 Å². The van der Waals surface area contributed by atoms with Crippen LogP contribution in [0.25, 0.3) is 10.9 Å². The summed E-state index contributed by atoms with van der Waals surface area (Å²) in [6.45, 7) is 6.24. The lowest BCUT2D eigenvalue weighted by Gasteiger charge is -2.37. The maximum atomic E-state index is 11.8. The van der Waals surface area contributed by atoms with Crippen molar-refractivity contribution in [2.75, 3.05) is 26.2 Å². The second kappa shape index (κ2) is 6.48. The molecule has 4 rings (SSSR count). The van der Waals surface area contributed by atoms with Gasteiger partial charge in [0.1, 0.15) is 6.54 Å². The average molecular weight is 328 g/mol. The molecule has 0 bridgehead atoms. The molecule has 1 aromatic heterocycles. The largest absolute Gasteiger partial charge is 0.450 e. The highest BCUT2D eigenvalue weighted by molar-refractivity contribution is 5.84. The minimum Gasteiger partial charge on any atom is -0.450 e. The fourth-order valence-corrected chi connectivity index (χ4v) is 4.33. The Morgan fingerprint density at radius 3 is 2.92 bits per heavy atom. The zero-order valence-corrected chi connectivity index (χ0v) is 14.3. The number of piperidine rings is 1. The molecular weight excluding hydrogens is 302 g/mol. The number of aromatic nitrogens is 1. The van der Waals surface area contributed by atoms with Crippen molar-refractivity contribution in [2.45, 2.75) is 38.8 Å². The van der Waals surface area contributed by atoms with E-state index in [0.29, 0.717) is 12.6 Å². The van der Waals surface area contributed by atoms with E-state index < -0.39 is 0 Å². The molecule has 1 fully saturated rings. The molecule has 1 unspecified atom stereocenters. The summed E-state index contributed by atoms with van der Waals surface area (Å²) in [5.41, 5.74) is 4.18. The Bertz CT molecular complexity index is 731. The maximum Gasteiger partial charge on any atom is 0.409 e. The number of carbonyl (C=O) groups is 1. The third-order valence-corrected chi connectivity index (χ3v) is 5.60. The second-order valence-corrected chi connectivity index (χ2v) is 6.92. The van der Waals surface area contributed by atoms with Crippen molar-refractivity contribution in [2.24, 2.45) is 0 Å². The van der Waals surface area contributed by atoms with Crippen LogP contribution in [0, 0.1) is 0 Å². The van der Waals surface area contributed by atoms with Gasteiger partial charge in [-0.25, -0.2) is 4.79 Å². The Hall–Kier alpha value is -2.01. The maximum absolute atomic E-state index is 11.8. The molecule has 1 aromatic carbocycles. The first-order chi connectivity index (χ1) is 11.8. The molecule has 1 amide bonds. The summed E-state index contributed by atoms with van der Waals surface area (Å²) in [4.78, 5) is 19.0. The van der Waals surface area contributed by atoms with E-state index in [0.717, 1.165) is 38.9 Å². The van der Waals surface area contributed by atoms with Crippen LogP contribution in [0.2, 0.25) is 0 Å². The fraction of sp³-hybridized carbons (Fsp3) is 0.526. The molecule has 2 aliphatic rings. The number of nitrogens with one attached hydrogen (secondary N) is 2. The molecule has 128 valence electrons. The van der Waals surface area contributed by atoms with E-state index in [9.17, 15) is 4.79 Å². The quantitative estimate of drug-likeness (QED) is 0.882. The van der Waals surface area contributed by atoms with E-state index in [2.05, 4.69) is 29.2 Å². The number of carbonyl (C=O) groups excluding carboxylic acids is 1. The molecule has 2 N–H and O–H groups in total. The van der Waals surface area contributed by atoms with Crippen molar-refractivity contribution in [1.82, 2.24) is 9.88 Å². The van der Waals surface area contributed by atoms with Crippen molar-refractivity contribution in [1.29, 1.82) is 0 Å². The molecule has 2 aliphatic heterocycles. The van der Waals surface area contributed by atoms with Crippen LogP contribution in [-0.2, 0) is 17.7 Å². The van der Waals surface area contributed by atoms with Crippen LogP contribution in [0.1, 0.15) is 31.0 Å². The Labute approximate surface area is 142 Å². The van der Waals surface area contributed by atoms with Gasteiger partial charge in [-0.1, -0.05) is 18.2 Å². The molecule has 0 spiro atoms. The summed E-state index contributed by atoms with van der Waals surface area (Å²) in [5.74, 6) is 0. The van der Waals surface area contributed by atoms with Crippen molar-refractivity contribution >= 4 is 17.0 Å². The predicted octanol–water partition coefficient (Wildman–Crippen LogP) is 1.73. The van der Waals surface area contributed by atoms with Gasteiger partial charge in [0.2, 0.25) is 0 Å². The first-order valence-electron chi connectivity index (χ1n) is 9.11. The first-order valence-corrected chi connectivity index (χ1v) is 9.11. The second-order valence-electron chi connectivity index (χ2n) is 6.92. The van der Waals surface area contributed by atoms with Gasteiger partial charge in [0.05, 0.1) is 24.9 Å². The number of nitrogens with zero attached hydrogens (tertiary/aromatic N) is 1. The Balaban J connectivity index is 1.42. The van der Waals surface area contributed by atoms with Crippen LogP contribution in [0.4, 0.5) is 4.79 Å². The number of fused-ring (bicyclic) bond motifs is 3. The highest BCUT2D eigenvalue weighted by atomic mass is 16.6. The molecule has 5 heteroatoms. The van der Waals surface area contributed by atoms with Gasteiger partial charge in [0, 0.05) is 43.3 Å². The van der Waals surface area contributed by atoms with Crippen LogP contribution >= 0.6 is 0 Å². The number of benzene rings is 1. The zero-order valence-electron chi connectivity index (χ0n) is 14.3. The normalized spacial score (nSPS) is 21.7. The monoisotopic (exact) mass is 328 g/mol. The molecule has 1 atom stereocenters. The van der Waals surface area contributed by atoms with Crippen LogP contribution in [0.15, 0.2) is 24.3 Å². The van der Waals surface area contributed by atoms with E-state index in [1.54, 1.807) is 4.90 Å². The third kappa shape index (κ3) is 2.77. The lowest BCUT2D eigenvalue weighted by atomic mass is 9.98. The molecule has 5 nitrogen and oxygen atoms in total. The van der Waals surface area contributed by atoms with Crippen LogP contribution in [-0.4, -0.2) is 48.3 Å². The van der Waals surface area contributed by atoms with E-state index >= 15 is 0 Å². The topological polar surface area (TPSA) is 49.8 Å². The van der Waals surface area contributed by atoms with Crippen molar-refractivity contribution in [3.63, 3.8) is 0 Å². The van der Waals surface area contributed by atoms with Crippen molar-refractivity contribution < 1.29 is 14.4 Å². The highest BCUT2D eigenvalue weighted by Crippen LogP contribution is 2.24. The van der Waals surface area contributed by atoms with Crippen LogP contribution in [0.5, 0.6) is 0 Å². The predicted molar refractivity (Wildman–Crippen MR) is 93.2 cm³/mol. The minimum atomic E-state index is -0.150. The number of ether oxygens (including phenoxy) is 1. The molecule has 3 heterocycles. The Morgan fingerprint density at radius 1 is 1.33 bits per heavy atom. The number of para-hydroxylation sites is 1. The number of quaternary nitrogens is 1. The summed E-state index contributed by atoms with van der Waals surface area (Å²) in [7, 11) is 0. The van der Waals surface area contributed by atoms with Crippen molar-refractivity contribution in [3.05, 3.63) is 35.5 Å². The number of H-pyrrole nitrogens is 1. The van der Waals surface area contributed by atoms with Gasteiger partial charge in [-0.05, 0) is 18.6 Å². The SMILES string of the molecule is CCOC(=O)N1CCC([NH+]2CCc3c([nH]c4ccccc34)C2)CC1. The molecule has 0 radical (unpaired) electrons. The highest BCUT2D eigenvalue weighted by Gasteiger charge is 2.33. The van der Waals surface area contributed by atoms with Crippen molar-refractivity contribution in [3.8, 4) is 0 Å². The Morgan fingerprint density at radius 2 is 2.12 bits per heavy atom. The molecule has 1 saturated heterocycles. The minimum absolute atomic E-state index is 0.150. The fourth-order valence-electron chi connectivity index (χ4n) is 4.33. The number of hydrogen-bond donors (Lipinski definition) is 2. The lowest BCUT2D eigenvalue weighted by Crippen LogP contribution is -3.15. The van der Waals surface area contributed by atoms with Gasteiger partial charge in [-0.2, -0.15) is 0 Å². The molecule has 24 heavy (non-hydrogen) atoms. The van der Waals surface area contributed by atoms with Gasteiger partial charge in [-0.15, -0.1) is 0 Å². The number of likely N-dealkylation sites (tertiary alicyclic amines) is 1. The van der Waals surface area contributed by atoms with E-state index in [4.69, 9.17) is 4.74 Å². The number of rotatable bonds is 2. The van der Waals surface area contributed by atoms with E-state index in [-0.39, 0.29) is 6.09 Å². The standard InChI is InChI=1S/C19H25N3O2/c1-2-24-19(23)21-10-7-14(8-11-21)22-12-9-16-15-5-3-4-6-17(15)20-18(16)13-22/h3-6,14,20H,2,7-13H2,1H3/p+1.